The number of rotatable bonds is 0. The van der Waals surface area contributed by atoms with Crippen LogP contribution < -0.4 is 9.47 Å². The second-order valence-electron chi connectivity index (χ2n) is 18.2. The lowest BCUT2D eigenvalue weighted by Crippen LogP contribution is -2.64. The van der Waals surface area contributed by atoms with Gasteiger partial charge < -0.3 is 29.5 Å². The molecule has 2 aromatic rings. The van der Waals surface area contributed by atoms with E-state index < -0.39 is 6.10 Å². The summed E-state index contributed by atoms with van der Waals surface area (Å²) in [6, 6.07) is 9.50. The number of likely N-dealkylation sites (tertiary alicyclic amines) is 2. The Morgan fingerprint density at radius 1 is 0.815 bits per heavy atom. The highest BCUT2D eigenvalue weighted by molar-refractivity contribution is 5.62. The quantitative estimate of drug-likeness (QED) is 0.263. The van der Waals surface area contributed by atoms with Crippen LogP contribution in [0.1, 0.15) is 95.5 Å². The zero-order valence-corrected chi connectivity index (χ0v) is 34.9. The molecule has 0 amide bonds. The maximum Gasteiger partial charge on any atom is 0.165 e. The van der Waals surface area contributed by atoms with Crippen LogP contribution in [0, 0.1) is 30.1 Å². The number of aromatic hydroxyl groups is 1. The van der Waals surface area contributed by atoms with Gasteiger partial charge in [-0.2, -0.15) is 0 Å². The number of hydrogen-bond donors (Lipinski definition) is 2. The van der Waals surface area contributed by atoms with Crippen molar-refractivity contribution in [3.63, 3.8) is 0 Å². The molecule has 294 valence electrons. The second-order valence-corrected chi connectivity index (χ2v) is 18.2. The number of benzene rings is 2. The van der Waals surface area contributed by atoms with Crippen LogP contribution in [0.4, 0.5) is 0 Å². The Bertz CT molecular complexity index is 1660. The molecule has 4 aliphatic heterocycles. The van der Waals surface area contributed by atoms with Gasteiger partial charge >= 0.3 is 0 Å². The third-order valence-electron chi connectivity index (χ3n) is 13.4. The van der Waals surface area contributed by atoms with Crippen molar-refractivity contribution in [1.29, 1.82) is 0 Å². The number of aliphatic hydroxyl groups excluding tert-OH is 1. The molecule has 10 rings (SSSR count). The maximum absolute atomic E-state index is 10.4. The number of aliphatic hydroxyl groups is 1. The Labute approximate surface area is 326 Å². The molecule has 10 atom stereocenters. The van der Waals surface area contributed by atoms with E-state index in [9.17, 15) is 10.2 Å². The Morgan fingerprint density at radius 3 is 1.81 bits per heavy atom. The first-order chi connectivity index (χ1) is 25.6. The van der Waals surface area contributed by atoms with Crippen LogP contribution in [0.3, 0.4) is 0 Å². The van der Waals surface area contributed by atoms with Crippen LogP contribution in [0.25, 0.3) is 0 Å². The summed E-state index contributed by atoms with van der Waals surface area (Å²) in [6.07, 6.45) is 17.8. The Morgan fingerprint density at radius 2 is 1.28 bits per heavy atom. The van der Waals surface area contributed by atoms with Gasteiger partial charge in [0.1, 0.15) is 24.1 Å². The van der Waals surface area contributed by atoms with Gasteiger partial charge in [-0.1, -0.05) is 103 Å². The number of aryl methyl sites for hydroxylation is 1. The van der Waals surface area contributed by atoms with E-state index in [4.69, 9.17) is 9.47 Å². The largest absolute Gasteiger partial charge is 0.504 e. The SMILES string of the molecule is C=CC.C=CC(C)(C)C.CCC.CN1CC[C@]23c4c5ccc(O)c4OC2[C@@H](O)C=C[C@H]3[C@H]1C5.Cc1ccc2c3c1OC1[C@@H](C)C=C[C@H]4[C@@H](C2)N(C)CC[C@]314. The zero-order chi connectivity index (χ0) is 39.3. The van der Waals surface area contributed by atoms with Gasteiger partial charge in [-0.05, 0) is 94.9 Å². The first-order valence-corrected chi connectivity index (χ1v) is 20.6. The van der Waals surface area contributed by atoms with Crippen molar-refractivity contribution in [2.45, 2.75) is 129 Å². The fraction of sp³-hybridized carbons (Fsp3) is 0.583. The molecule has 2 unspecified atom stereocenters. The van der Waals surface area contributed by atoms with E-state index in [1.807, 2.05) is 25.1 Å². The number of allylic oxidation sites excluding steroid dienone is 2. The lowest BCUT2D eigenvalue weighted by Gasteiger charge is -2.56. The molecule has 2 fully saturated rings. The van der Waals surface area contributed by atoms with Crippen molar-refractivity contribution in [1.82, 2.24) is 9.80 Å². The Balaban J connectivity index is 0.000000143. The average molecular weight is 737 g/mol. The lowest BCUT2D eigenvalue weighted by atomic mass is 9.52. The molecule has 2 spiro atoms. The second kappa shape index (κ2) is 15.3. The number of ether oxygens (including phenoxy) is 2. The van der Waals surface area contributed by atoms with Gasteiger partial charge in [0, 0.05) is 51.8 Å². The summed E-state index contributed by atoms with van der Waals surface area (Å²) in [5.41, 5.74) is 7.30. The maximum atomic E-state index is 10.4. The molecule has 0 radical (unpaired) electrons. The van der Waals surface area contributed by atoms with Gasteiger partial charge in [0.05, 0.1) is 0 Å². The van der Waals surface area contributed by atoms with E-state index in [0.29, 0.717) is 47.1 Å². The number of hydrogen-bond acceptors (Lipinski definition) is 6. The topological polar surface area (TPSA) is 65.4 Å². The van der Waals surface area contributed by atoms with Crippen LogP contribution in [0.2, 0.25) is 0 Å². The summed E-state index contributed by atoms with van der Waals surface area (Å²) in [4.78, 5) is 5.01. The number of nitrogens with zero attached hydrogens (tertiary/aromatic N) is 2. The molecular formula is C48H68N2O4. The summed E-state index contributed by atoms with van der Waals surface area (Å²) < 4.78 is 12.7. The van der Waals surface area contributed by atoms with Gasteiger partial charge in [0.2, 0.25) is 0 Å². The van der Waals surface area contributed by atoms with Gasteiger partial charge in [-0.15, -0.1) is 13.2 Å². The van der Waals surface area contributed by atoms with Crippen LogP contribution in [0.15, 0.2) is 73.9 Å². The number of piperidine rings is 2. The molecule has 6 nitrogen and oxygen atoms in total. The van der Waals surface area contributed by atoms with E-state index in [0.717, 1.165) is 19.4 Å². The third-order valence-corrected chi connectivity index (χ3v) is 13.4. The highest BCUT2D eigenvalue weighted by Gasteiger charge is 2.65. The van der Waals surface area contributed by atoms with E-state index in [-0.39, 0.29) is 22.7 Å². The molecule has 2 aromatic carbocycles. The lowest BCUT2D eigenvalue weighted by molar-refractivity contribution is -0.0453. The van der Waals surface area contributed by atoms with Crippen LogP contribution in [-0.2, 0) is 23.7 Å². The smallest absolute Gasteiger partial charge is 0.165 e. The molecule has 0 aromatic heterocycles. The molecular weight excluding hydrogens is 669 g/mol. The van der Waals surface area contributed by atoms with Crippen LogP contribution >= 0.6 is 0 Å². The Hall–Kier alpha value is -3.32. The summed E-state index contributed by atoms with van der Waals surface area (Å²) in [5.74, 6) is 3.56. The van der Waals surface area contributed by atoms with E-state index in [1.165, 1.54) is 48.2 Å². The van der Waals surface area contributed by atoms with Crippen molar-refractivity contribution < 1.29 is 19.7 Å². The minimum absolute atomic E-state index is 0.160. The fourth-order valence-corrected chi connectivity index (χ4v) is 10.9. The van der Waals surface area contributed by atoms with Gasteiger partial charge in [-0.3, -0.25) is 0 Å². The van der Waals surface area contributed by atoms with Crippen molar-refractivity contribution >= 4 is 0 Å². The van der Waals surface area contributed by atoms with Crippen molar-refractivity contribution in [2.24, 2.45) is 23.2 Å². The minimum atomic E-state index is -0.594. The first kappa shape index (κ1) is 40.3. The van der Waals surface area contributed by atoms with Gasteiger partial charge in [0.25, 0.3) is 0 Å². The van der Waals surface area contributed by atoms with Crippen molar-refractivity contribution in [2.75, 3.05) is 27.2 Å². The molecule has 0 saturated carbocycles. The molecule has 6 heteroatoms. The van der Waals surface area contributed by atoms with E-state index in [1.54, 1.807) is 23.3 Å². The number of phenolic OH excluding ortho intramolecular Hbond substituents is 1. The highest BCUT2D eigenvalue weighted by atomic mass is 16.5. The number of phenols is 1. The molecule has 4 heterocycles. The summed E-state index contributed by atoms with van der Waals surface area (Å²) >= 11 is 0. The normalized spacial score (nSPS) is 34.9. The Kier molecular flexibility index (Phi) is 11.4. The standard InChI is InChI=1S/C19H23NO.C17H19NO3.C6H12.C3H8.C3H6/c1-11-4-6-13-10-15-14-7-5-12(2)18-19(14,8-9-20(15)3)16(13)17(11)21-18;1-18-7-6-17-10-3-5-13(20)16(17)21-15-12(19)4-2-9(14(15)17)8-11(10)18;1-5-6(2,3)4;2*1-3-2/h4-7,12,14-15,18H,8-10H2,1-3H3;2-5,10-11,13,16,19-20H,6-8H2,1H3;5H,1H2,2-4H3;3H2,1-2H3;3H,1H2,2H3/t12-,14-,15+,18?,19-;10-,11+,13-,16?,17-;;;/m00.../s1. The predicted molar refractivity (Wildman–Crippen MR) is 223 cm³/mol. The monoisotopic (exact) mass is 737 g/mol. The predicted octanol–water partition coefficient (Wildman–Crippen LogP) is 9.10. The van der Waals surface area contributed by atoms with Crippen molar-refractivity contribution in [3.05, 3.63) is 102 Å². The van der Waals surface area contributed by atoms with Crippen LogP contribution in [-0.4, -0.2) is 77.6 Å². The van der Waals surface area contributed by atoms with Gasteiger partial charge in [0.15, 0.2) is 11.5 Å². The third kappa shape index (κ3) is 6.38. The molecule has 4 bridgehead atoms. The first-order valence-electron chi connectivity index (χ1n) is 20.6. The van der Waals surface area contributed by atoms with Crippen LogP contribution in [0.5, 0.6) is 17.2 Å². The summed E-state index contributed by atoms with van der Waals surface area (Å²) in [7, 11) is 4.49. The molecule has 8 aliphatic rings. The summed E-state index contributed by atoms with van der Waals surface area (Å²) in [6.45, 7) is 26.3. The average Bonchev–Trinajstić information content (AvgIpc) is 3.68. The fourth-order valence-electron chi connectivity index (χ4n) is 10.9. The van der Waals surface area contributed by atoms with Gasteiger partial charge in [-0.25, -0.2) is 0 Å². The molecule has 2 N–H and O–H groups in total. The highest BCUT2D eigenvalue weighted by Crippen LogP contribution is 2.63. The zero-order valence-electron chi connectivity index (χ0n) is 34.9. The molecule has 54 heavy (non-hydrogen) atoms. The minimum Gasteiger partial charge on any atom is -0.504 e. The van der Waals surface area contributed by atoms with Crippen molar-refractivity contribution in [3.8, 4) is 17.2 Å². The van der Waals surface area contributed by atoms with E-state index in [2.05, 4.69) is 116 Å². The molecule has 2 saturated heterocycles. The number of likely N-dealkylation sites (N-methyl/N-ethyl adjacent to an activating group) is 2. The van der Waals surface area contributed by atoms with E-state index >= 15 is 0 Å². The molecule has 4 aliphatic carbocycles. The summed E-state index contributed by atoms with van der Waals surface area (Å²) in [5, 5.41) is 20.6.